The molecule has 1 unspecified atom stereocenters. The zero-order chi connectivity index (χ0) is 9.92. The van der Waals surface area contributed by atoms with Crippen LogP contribution in [0.2, 0.25) is 0 Å². The second-order valence-corrected chi connectivity index (χ2v) is 4.63. The molecule has 3 heteroatoms. The van der Waals surface area contributed by atoms with Crippen molar-refractivity contribution in [2.45, 2.75) is 18.9 Å². The van der Waals surface area contributed by atoms with Crippen molar-refractivity contribution in [1.29, 1.82) is 0 Å². The monoisotopic (exact) mass is 194 g/mol. The fourth-order valence-corrected chi connectivity index (χ4v) is 3.72. The van der Waals surface area contributed by atoms with Gasteiger partial charge < -0.3 is 9.84 Å². The number of aliphatic hydroxyl groups excluding tert-OH is 1. The Hall–Kier alpha value is -0.830. The SMILES string of the molecule is COC(=O)[C@@H]1[C@@H]2C=CC23[C@@H](O)CC[C@@H]13. The smallest absolute Gasteiger partial charge is 0.309 e. The molecule has 14 heavy (non-hydrogen) atoms. The largest absolute Gasteiger partial charge is 0.469 e. The topological polar surface area (TPSA) is 46.5 Å². The van der Waals surface area contributed by atoms with Gasteiger partial charge in [-0.05, 0) is 18.8 Å². The molecule has 1 N–H and O–H groups in total. The molecule has 0 heterocycles. The second kappa shape index (κ2) is 2.40. The fraction of sp³-hybridized carbons (Fsp3) is 0.727. The lowest BCUT2D eigenvalue weighted by molar-refractivity contribution is -0.176. The minimum Gasteiger partial charge on any atom is -0.469 e. The highest BCUT2D eigenvalue weighted by molar-refractivity contribution is 5.77. The Kier molecular flexibility index (Phi) is 1.45. The maximum absolute atomic E-state index is 11.5. The summed E-state index contributed by atoms with van der Waals surface area (Å²) < 4.78 is 4.79. The molecular formula is C11H14O3. The van der Waals surface area contributed by atoms with Gasteiger partial charge in [-0.2, -0.15) is 0 Å². The number of esters is 1. The van der Waals surface area contributed by atoms with E-state index in [4.69, 9.17) is 4.74 Å². The average molecular weight is 194 g/mol. The van der Waals surface area contributed by atoms with E-state index in [0.717, 1.165) is 12.8 Å². The van der Waals surface area contributed by atoms with E-state index in [1.165, 1.54) is 7.11 Å². The highest BCUT2D eigenvalue weighted by Gasteiger charge is 2.71. The normalized spacial score (nSPS) is 52.7. The summed E-state index contributed by atoms with van der Waals surface area (Å²) >= 11 is 0. The van der Waals surface area contributed by atoms with Gasteiger partial charge in [0.15, 0.2) is 0 Å². The predicted molar refractivity (Wildman–Crippen MR) is 49.3 cm³/mol. The highest BCUT2D eigenvalue weighted by Crippen LogP contribution is 2.70. The van der Waals surface area contributed by atoms with E-state index >= 15 is 0 Å². The number of hydrogen-bond acceptors (Lipinski definition) is 3. The molecule has 3 nitrogen and oxygen atoms in total. The van der Waals surface area contributed by atoms with Gasteiger partial charge in [0.1, 0.15) is 0 Å². The standard InChI is InChI=1S/C11H14O3/c1-14-10(13)9-6-2-3-8(12)11(6)5-4-7(9)11/h4-9,12H,2-3H2,1H3/t6-,7-,8-,9-,11?/m0/s1. The first-order valence-corrected chi connectivity index (χ1v) is 5.17. The van der Waals surface area contributed by atoms with Crippen molar-refractivity contribution in [3.8, 4) is 0 Å². The van der Waals surface area contributed by atoms with Crippen molar-refractivity contribution < 1.29 is 14.6 Å². The lowest BCUT2D eigenvalue weighted by Crippen LogP contribution is -2.63. The number of hydrogen-bond donors (Lipinski definition) is 1. The van der Waals surface area contributed by atoms with Crippen LogP contribution in [0.1, 0.15) is 12.8 Å². The van der Waals surface area contributed by atoms with Crippen LogP contribution in [0.15, 0.2) is 12.2 Å². The van der Waals surface area contributed by atoms with Crippen LogP contribution >= 0.6 is 0 Å². The number of aliphatic hydroxyl groups is 1. The third kappa shape index (κ3) is 0.650. The van der Waals surface area contributed by atoms with Gasteiger partial charge in [0.05, 0.1) is 19.1 Å². The molecule has 0 amide bonds. The molecule has 0 radical (unpaired) electrons. The number of allylic oxidation sites excluding steroid dienone is 1. The summed E-state index contributed by atoms with van der Waals surface area (Å²) in [6.45, 7) is 0. The zero-order valence-corrected chi connectivity index (χ0v) is 8.14. The summed E-state index contributed by atoms with van der Waals surface area (Å²) in [5.74, 6) is 0.494. The molecule has 3 aliphatic carbocycles. The van der Waals surface area contributed by atoms with E-state index in [2.05, 4.69) is 6.08 Å². The number of carbonyl (C=O) groups is 1. The molecule has 2 fully saturated rings. The van der Waals surface area contributed by atoms with Crippen LogP contribution in [0.25, 0.3) is 0 Å². The molecule has 0 saturated heterocycles. The van der Waals surface area contributed by atoms with Crippen LogP contribution in [0.5, 0.6) is 0 Å². The first-order chi connectivity index (χ1) is 6.71. The highest BCUT2D eigenvalue weighted by atomic mass is 16.5. The van der Waals surface area contributed by atoms with E-state index in [1.807, 2.05) is 6.08 Å². The summed E-state index contributed by atoms with van der Waals surface area (Å²) in [5.41, 5.74) is -0.0428. The number of methoxy groups -OCH3 is 1. The second-order valence-electron chi connectivity index (χ2n) is 4.63. The average Bonchev–Trinajstić information content (AvgIpc) is 2.48. The van der Waals surface area contributed by atoms with Crippen molar-refractivity contribution in [3.63, 3.8) is 0 Å². The molecule has 0 aromatic heterocycles. The van der Waals surface area contributed by atoms with E-state index in [0.29, 0.717) is 5.92 Å². The van der Waals surface area contributed by atoms with E-state index in [1.54, 1.807) is 0 Å². The first kappa shape index (κ1) is 8.48. The van der Waals surface area contributed by atoms with Crippen molar-refractivity contribution in [3.05, 3.63) is 12.2 Å². The van der Waals surface area contributed by atoms with E-state index in [-0.39, 0.29) is 29.3 Å². The molecule has 0 bridgehead atoms. The third-order valence-corrected chi connectivity index (χ3v) is 4.43. The molecular weight excluding hydrogens is 180 g/mol. The van der Waals surface area contributed by atoms with Crippen LogP contribution in [-0.4, -0.2) is 24.3 Å². The Morgan fingerprint density at radius 2 is 2.36 bits per heavy atom. The van der Waals surface area contributed by atoms with Gasteiger partial charge in [-0.1, -0.05) is 12.2 Å². The van der Waals surface area contributed by atoms with E-state index < -0.39 is 0 Å². The lowest BCUT2D eigenvalue weighted by Gasteiger charge is -2.61. The van der Waals surface area contributed by atoms with Gasteiger partial charge in [-0.15, -0.1) is 0 Å². The molecule has 0 aromatic carbocycles. The van der Waals surface area contributed by atoms with Crippen LogP contribution in [-0.2, 0) is 9.53 Å². The van der Waals surface area contributed by atoms with Crippen molar-refractivity contribution >= 4 is 5.97 Å². The lowest BCUT2D eigenvalue weighted by atomic mass is 9.42. The first-order valence-electron chi connectivity index (χ1n) is 5.17. The Balaban J connectivity index is 1.90. The molecule has 5 atom stereocenters. The van der Waals surface area contributed by atoms with Crippen LogP contribution < -0.4 is 0 Å². The van der Waals surface area contributed by atoms with Gasteiger partial charge in [-0.25, -0.2) is 0 Å². The summed E-state index contributed by atoms with van der Waals surface area (Å²) in [5, 5.41) is 9.87. The van der Waals surface area contributed by atoms with Gasteiger partial charge in [0, 0.05) is 11.3 Å². The molecule has 1 spiro atoms. The molecule has 0 aromatic rings. The Morgan fingerprint density at radius 1 is 1.57 bits per heavy atom. The Morgan fingerprint density at radius 3 is 2.93 bits per heavy atom. The molecule has 2 saturated carbocycles. The number of rotatable bonds is 1. The van der Waals surface area contributed by atoms with Crippen LogP contribution in [0.3, 0.4) is 0 Å². The maximum atomic E-state index is 11.5. The van der Waals surface area contributed by atoms with Crippen molar-refractivity contribution in [2.24, 2.45) is 23.2 Å². The quantitative estimate of drug-likeness (QED) is 0.494. The van der Waals surface area contributed by atoms with Crippen molar-refractivity contribution in [2.75, 3.05) is 7.11 Å². The summed E-state index contributed by atoms with van der Waals surface area (Å²) in [4.78, 5) is 11.5. The predicted octanol–water partition coefficient (Wildman–Crippen LogP) is 0.732. The molecule has 3 aliphatic rings. The minimum atomic E-state index is -0.233. The number of ether oxygens (including phenoxy) is 1. The van der Waals surface area contributed by atoms with Gasteiger partial charge >= 0.3 is 5.97 Å². The minimum absolute atomic E-state index is 0.0159. The molecule has 76 valence electrons. The van der Waals surface area contributed by atoms with Gasteiger partial charge in [0.25, 0.3) is 0 Å². The summed E-state index contributed by atoms with van der Waals surface area (Å²) in [6.07, 6.45) is 5.70. The van der Waals surface area contributed by atoms with Gasteiger partial charge in [-0.3, -0.25) is 4.79 Å². The molecule has 0 aliphatic heterocycles. The van der Waals surface area contributed by atoms with Gasteiger partial charge in [0.2, 0.25) is 0 Å². The summed E-state index contributed by atoms with van der Waals surface area (Å²) in [7, 11) is 1.44. The van der Waals surface area contributed by atoms with Crippen molar-refractivity contribution in [1.82, 2.24) is 0 Å². The third-order valence-electron chi connectivity index (χ3n) is 4.43. The maximum Gasteiger partial charge on any atom is 0.309 e. The van der Waals surface area contributed by atoms with E-state index in [9.17, 15) is 9.90 Å². The summed E-state index contributed by atoms with van der Waals surface area (Å²) in [6, 6.07) is 0. The van der Waals surface area contributed by atoms with Crippen LogP contribution in [0, 0.1) is 23.2 Å². The Labute approximate surface area is 82.8 Å². The zero-order valence-electron chi connectivity index (χ0n) is 8.14. The molecule has 3 rings (SSSR count). The van der Waals surface area contributed by atoms with Crippen LogP contribution in [0.4, 0.5) is 0 Å². The number of carbonyl (C=O) groups excluding carboxylic acids is 1. The Bertz CT molecular complexity index is 322. The fourth-order valence-electron chi connectivity index (χ4n) is 3.72.